The molecule has 0 aromatic heterocycles. The van der Waals surface area contributed by atoms with E-state index in [0.29, 0.717) is 13.1 Å². The van der Waals surface area contributed by atoms with Crippen molar-refractivity contribution in [3.8, 4) is 0 Å². The topological polar surface area (TPSA) is 49.4 Å². The molecule has 2 amide bonds. The van der Waals surface area contributed by atoms with Crippen molar-refractivity contribution in [1.29, 1.82) is 0 Å². The average Bonchev–Trinajstić information content (AvgIpc) is 2.97. The third kappa shape index (κ3) is 3.65. The van der Waals surface area contributed by atoms with Crippen molar-refractivity contribution in [3.63, 3.8) is 0 Å². The first-order valence-corrected chi connectivity index (χ1v) is 8.38. The van der Waals surface area contributed by atoms with E-state index in [4.69, 9.17) is 0 Å². The monoisotopic (exact) mass is 322 g/mol. The Labute approximate surface area is 142 Å². The molecule has 24 heavy (non-hydrogen) atoms. The Balaban J connectivity index is 1.63. The van der Waals surface area contributed by atoms with Gasteiger partial charge >= 0.3 is 0 Å². The molecule has 124 valence electrons. The van der Waals surface area contributed by atoms with Crippen molar-refractivity contribution < 1.29 is 9.59 Å². The van der Waals surface area contributed by atoms with Crippen molar-refractivity contribution in [2.75, 3.05) is 11.9 Å². The summed E-state index contributed by atoms with van der Waals surface area (Å²) >= 11 is 0. The molecule has 1 aliphatic rings. The fourth-order valence-electron chi connectivity index (χ4n) is 3.09. The predicted octanol–water partition coefficient (Wildman–Crippen LogP) is 3.24. The second kappa shape index (κ2) is 7.30. The molecule has 2 aromatic carbocycles. The van der Waals surface area contributed by atoms with Gasteiger partial charge in [0.15, 0.2) is 0 Å². The molecule has 1 fully saturated rings. The maximum Gasteiger partial charge on any atom is 0.229 e. The molecule has 1 unspecified atom stereocenters. The number of carbonyl (C=O) groups is 2. The Morgan fingerprint density at radius 2 is 1.83 bits per heavy atom. The van der Waals surface area contributed by atoms with Crippen LogP contribution < -0.4 is 5.32 Å². The molecule has 1 saturated heterocycles. The number of nitrogens with zero attached hydrogens (tertiary/aromatic N) is 1. The summed E-state index contributed by atoms with van der Waals surface area (Å²) in [4.78, 5) is 26.5. The van der Waals surface area contributed by atoms with Gasteiger partial charge in [-0.05, 0) is 23.6 Å². The van der Waals surface area contributed by atoms with Crippen LogP contribution in [0.25, 0.3) is 0 Å². The first-order valence-electron chi connectivity index (χ1n) is 8.38. The van der Waals surface area contributed by atoms with Gasteiger partial charge in [-0.2, -0.15) is 0 Å². The summed E-state index contributed by atoms with van der Waals surface area (Å²) in [5.74, 6) is -0.311. The number of para-hydroxylation sites is 1. The number of hydrogen-bond acceptors (Lipinski definition) is 2. The average molecular weight is 322 g/mol. The first kappa shape index (κ1) is 16.2. The molecule has 3 rings (SSSR count). The summed E-state index contributed by atoms with van der Waals surface area (Å²) in [7, 11) is 0. The van der Waals surface area contributed by atoms with Gasteiger partial charge in [-0.15, -0.1) is 0 Å². The van der Waals surface area contributed by atoms with Crippen LogP contribution in [0.5, 0.6) is 0 Å². The number of amides is 2. The molecule has 1 atom stereocenters. The first-order chi connectivity index (χ1) is 11.7. The van der Waals surface area contributed by atoms with Crippen LogP contribution in [0.1, 0.15) is 24.5 Å². The quantitative estimate of drug-likeness (QED) is 0.919. The van der Waals surface area contributed by atoms with E-state index < -0.39 is 0 Å². The number of aryl methyl sites for hydroxylation is 1. The predicted molar refractivity (Wildman–Crippen MR) is 94.4 cm³/mol. The Morgan fingerprint density at radius 3 is 2.58 bits per heavy atom. The number of likely N-dealkylation sites (tertiary alicyclic amines) is 1. The Kier molecular flexibility index (Phi) is 4.94. The fourth-order valence-corrected chi connectivity index (χ4v) is 3.09. The largest absolute Gasteiger partial charge is 0.338 e. The lowest BCUT2D eigenvalue weighted by Gasteiger charge is -2.17. The molecule has 4 nitrogen and oxygen atoms in total. The van der Waals surface area contributed by atoms with Gasteiger partial charge < -0.3 is 10.2 Å². The number of rotatable bonds is 5. The molecular weight excluding hydrogens is 300 g/mol. The Hall–Kier alpha value is -2.62. The van der Waals surface area contributed by atoms with E-state index in [0.717, 1.165) is 23.2 Å². The minimum atomic E-state index is -0.286. The van der Waals surface area contributed by atoms with E-state index in [-0.39, 0.29) is 24.2 Å². The minimum Gasteiger partial charge on any atom is -0.338 e. The van der Waals surface area contributed by atoms with E-state index in [2.05, 4.69) is 12.2 Å². The van der Waals surface area contributed by atoms with E-state index in [1.54, 1.807) is 4.90 Å². The molecule has 1 N–H and O–H groups in total. The molecule has 0 saturated carbocycles. The Morgan fingerprint density at radius 1 is 1.12 bits per heavy atom. The zero-order valence-electron chi connectivity index (χ0n) is 13.9. The molecule has 0 radical (unpaired) electrons. The molecule has 1 aliphatic heterocycles. The summed E-state index contributed by atoms with van der Waals surface area (Å²) < 4.78 is 0. The summed E-state index contributed by atoms with van der Waals surface area (Å²) in [6.07, 6.45) is 1.15. The number of hydrogen-bond donors (Lipinski definition) is 1. The maximum absolute atomic E-state index is 12.5. The van der Waals surface area contributed by atoms with E-state index in [9.17, 15) is 9.59 Å². The van der Waals surface area contributed by atoms with Gasteiger partial charge in [0, 0.05) is 25.2 Å². The van der Waals surface area contributed by atoms with Gasteiger partial charge in [0.2, 0.25) is 11.8 Å². The van der Waals surface area contributed by atoms with Crippen LogP contribution >= 0.6 is 0 Å². The van der Waals surface area contributed by atoms with Crippen molar-refractivity contribution in [2.24, 2.45) is 5.92 Å². The van der Waals surface area contributed by atoms with Crippen molar-refractivity contribution in [3.05, 3.63) is 65.7 Å². The second-order valence-electron chi connectivity index (χ2n) is 6.16. The number of anilines is 1. The van der Waals surface area contributed by atoms with Crippen molar-refractivity contribution >= 4 is 17.5 Å². The lowest BCUT2D eigenvalue weighted by molar-refractivity contribution is -0.128. The lowest BCUT2D eigenvalue weighted by Crippen LogP contribution is -2.28. The van der Waals surface area contributed by atoms with Crippen LogP contribution in [-0.2, 0) is 22.6 Å². The van der Waals surface area contributed by atoms with Gasteiger partial charge in [-0.1, -0.05) is 55.5 Å². The minimum absolute atomic E-state index is 0.0442. The van der Waals surface area contributed by atoms with Gasteiger partial charge in [-0.25, -0.2) is 0 Å². The van der Waals surface area contributed by atoms with Gasteiger partial charge in [0.25, 0.3) is 0 Å². The normalized spacial score (nSPS) is 17.1. The van der Waals surface area contributed by atoms with Crippen LogP contribution in [0.2, 0.25) is 0 Å². The van der Waals surface area contributed by atoms with E-state index in [1.807, 2.05) is 54.6 Å². The SMILES string of the molecule is CCc1ccccc1NC(=O)C1CC(=O)N(Cc2ccccc2)C1. The highest BCUT2D eigenvalue weighted by molar-refractivity contribution is 5.97. The molecule has 0 spiro atoms. The lowest BCUT2D eigenvalue weighted by atomic mass is 10.1. The number of benzene rings is 2. The second-order valence-corrected chi connectivity index (χ2v) is 6.16. The van der Waals surface area contributed by atoms with E-state index >= 15 is 0 Å². The zero-order valence-corrected chi connectivity index (χ0v) is 13.9. The highest BCUT2D eigenvalue weighted by Crippen LogP contribution is 2.23. The summed E-state index contributed by atoms with van der Waals surface area (Å²) in [6, 6.07) is 17.7. The maximum atomic E-state index is 12.5. The fraction of sp³-hybridized carbons (Fsp3) is 0.300. The van der Waals surface area contributed by atoms with Gasteiger partial charge in [0.05, 0.1) is 5.92 Å². The summed E-state index contributed by atoms with van der Waals surface area (Å²) in [6.45, 7) is 3.11. The van der Waals surface area contributed by atoms with Crippen LogP contribution in [0, 0.1) is 5.92 Å². The molecule has 1 heterocycles. The summed E-state index contributed by atoms with van der Waals surface area (Å²) in [5, 5.41) is 2.99. The molecule has 2 aromatic rings. The van der Waals surface area contributed by atoms with Crippen LogP contribution in [-0.4, -0.2) is 23.3 Å². The van der Waals surface area contributed by atoms with Crippen LogP contribution in [0.3, 0.4) is 0 Å². The Bertz CT molecular complexity index is 727. The van der Waals surface area contributed by atoms with Crippen molar-refractivity contribution in [1.82, 2.24) is 4.90 Å². The van der Waals surface area contributed by atoms with Gasteiger partial charge in [0.1, 0.15) is 0 Å². The highest BCUT2D eigenvalue weighted by Gasteiger charge is 2.34. The smallest absolute Gasteiger partial charge is 0.229 e. The molecule has 0 aliphatic carbocycles. The molecule has 0 bridgehead atoms. The number of nitrogens with one attached hydrogen (secondary N) is 1. The van der Waals surface area contributed by atoms with E-state index in [1.165, 1.54) is 0 Å². The van der Waals surface area contributed by atoms with Gasteiger partial charge in [-0.3, -0.25) is 9.59 Å². The molecule has 4 heteroatoms. The standard InChI is InChI=1S/C20H22N2O2/c1-2-16-10-6-7-11-18(16)21-20(24)17-12-19(23)22(14-17)13-15-8-4-3-5-9-15/h3-11,17H,2,12-14H2,1H3,(H,21,24). The highest BCUT2D eigenvalue weighted by atomic mass is 16.2. The van der Waals surface area contributed by atoms with Crippen molar-refractivity contribution in [2.45, 2.75) is 26.3 Å². The van der Waals surface area contributed by atoms with Crippen LogP contribution in [0.15, 0.2) is 54.6 Å². The third-order valence-corrected chi connectivity index (χ3v) is 4.46. The number of carbonyl (C=O) groups excluding carboxylic acids is 2. The molecular formula is C20H22N2O2. The van der Waals surface area contributed by atoms with Crippen LogP contribution in [0.4, 0.5) is 5.69 Å². The third-order valence-electron chi connectivity index (χ3n) is 4.46. The zero-order chi connectivity index (χ0) is 16.9. The summed E-state index contributed by atoms with van der Waals surface area (Å²) in [5.41, 5.74) is 3.04.